The van der Waals surface area contributed by atoms with Gasteiger partial charge in [0.25, 0.3) is 0 Å². The van der Waals surface area contributed by atoms with Crippen molar-refractivity contribution < 1.29 is 5.11 Å². The maximum absolute atomic E-state index is 10.1. The van der Waals surface area contributed by atoms with Crippen LogP contribution in [-0.2, 0) is 25.9 Å². The molecule has 1 aliphatic rings. The molecule has 0 aromatic heterocycles. The van der Waals surface area contributed by atoms with E-state index in [1.807, 2.05) is 6.92 Å². The number of nitrogens with zero attached hydrogens (tertiary/aromatic N) is 1. The van der Waals surface area contributed by atoms with Crippen LogP contribution in [0.4, 0.5) is 0 Å². The van der Waals surface area contributed by atoms with E-state index in [0.29, 0.717) is 6.04 Å². The van der Waals surface area contributed by atoms with Gasteiger partial charge in [-0.05, 0) is 54.0 Å². The summed E-state index contributed by atoms with van der Waals surface area (Å²) in [7, 11) is 0. The van der Waals surface area contributed by atoms with E-state index >= 15 is 0 Å². The summed E-state index contributed by atoms with van der Waals surface area (Å²) in [5, 5.41) is 10.1. The number of hydrogen-bond acceptors (Lipinski definition) is 2. The SMILES string of the molecule is C[C@@H](O)c1cccc2c1CCC(N(Cc1ccccc1)Cc1ccccc1)C2. The summed E-state index contributed by atoms with van der Waals surface area (Å²) in [6, 6.07) is 28.5. The van der Waals surface area contributed by atoms with Crippen molar-refractivity contribution in [3.63, 3.8) is 0 Å². The second-order valence-electron chi connectivity index (χ2n) is 7.93. The van der Waals surface area contributed by atoms with Crippen molar-refractivity contribution in [2.45, 2.75) is 51.4 Å². The van der Waals surface area contributed by atoms with Gasteiger partial charge in [-0.15, -0.1) is 0 Å². The van der Waals surface area contributed by atoms with Gasteiger partial charge >= 0.3 is 0 Å². The molecule has 0 saturated carbocycles. The fourth-order valence-corrected chi connectivity index (χ4v) is 4.47. The Hall–Kier alpha value is -2.42. The molecule has 2 heteroatoms. The Bertz CT molecular complexity index is 847. The first-order valence-corrected chi connectivity index (χ1v) is 10.3. The first-order chi connectivity index (χ1) is 13.7. The van der Waals surface area contributed by atoms with Crippen molar-refractivity contribution in [1.82, 2.24) is 4.90 Å². The molecule has 0 radical (unpaired) electrons. The average molecular weight is 372 g/mol. The normalized spacial score (nSPS) is 17.3. The second kappa shape index (κ2) is 8.72. The lowest BCUT2D eigenvalue weighted by Gasteiger charge is -2.36. The lowest BCUT2D eigenvalue weighted by Crippen LogP contribution is -2.38. The molecule has 2 atom stereocenters. The first kappa shape index (κ1) is 18.9. The monoisotopic (exact) mass is 371 g/mol. The largest absolute Gasteiger partial charge is 0.389 e. The van der Waals surface area contributed by atoms with Gasteiger partial charge in [0.1, 0.15) is 0 Å². The van der Waals surface area contributed by atoms with Crippen molar-refractivity contribution in [2.24, 2.45) is 0 Å². The number of aliphatic hydroxyl groups is 1. The Morgan fingerprint density at radius 2 is 1.46 bits per heavy atom. The van der Waals surface area contributed by atoms with E-state index in [1.54, 1.807) is 0 Å². The Morgan fingerprint density at radius 3 is 2.04 bits per heavy atom. The van der Waals surface area contributed by atoms with Crippen LogP contribution in [0.5, 0.6) is 0 Å². The Kier molecular flexibility index (Phi) is 5.90. The van der Waals surface area contributed by atoms with Crippen LogP contribution in [0.15, 0.2) is 78.9 Å². The van der Waals surface area contributed by atoms with Crippen molar-refractivity contribution in [2.75, 3.05) is 0 Å². The average Bonchev–Trinajstić information content (AvgIpc) is 2.74. The molecule has 3 aromatic carbocycles. The highest BCUT2D eigenvalue weighted by molar-refractivity contribution is 5.39. The summed E-state index contributed by atoms with van der Waals surface area (Å²) in [6.45, 7) is 3.80. The van der Waals surface area contributed by atoms with Gasteiger partial charge in [-0.1, -0.05) is 78.9 Å². The fourth-order valence-electron chi connectivity index (χ4n) is 4.47. The fraction of sp³-hybridized carbons (Fsp3) is 0.308. The molecule has 1 N–H and O–H groups in total. The molecule has 0 spiro atoms. The lowest BCUT2D eigenvalue weighted by atomic mass is 9.83. The van der Waals surface area contributed by atoms with Gasteiger partial charge < -0.3 is 5.11 Å². The maximum Gasteiger partial charge on any atom is 0.0764 e. The number of rotatable bonds is 6. The Labute approximate surface area is 168 Å². The van der Waals surface area contributed by atoms with Crippen LogP contribution in [0.2, 0.25) is 0 Å². The summed E-state index contributed by atoms with van der Waals surface area (Å²) in [6.07, 6.45) is 2.84. The van der Waals surface area contributed by atoms with E-state index in [9.17, 15) is 5.11 Å². The molecule has 0 aliphatic heterocycles. The number of fused-ring (bicyclic) bond motifs is 1. The predicted molar refractivity (Wildman–Crippen MR) is 115 cm³/mol. The van der Waals surface area contributed by atoms with Crippen LogP contribution in [0, 0.1) is 0 Å². The molecule has 0 amide bonds. The van der Waals surface area contributed by atoms with E-state index in [0.717, 1.165) is 37.9 Å². The van der Waals surface area contributed by atoms with Crippen molar-refractivity contribution in [3.8, 4) is 0 Å². The Morgan fingerprint density at radius 1 is 0.857 bits per heavy atom. The van der Waals surface area contributed by atoms with Crippen molar-refractivity contribution in [1.29, 1.82) is 0 Å². The summed E-state index contributed by atoms with van der Waals surface area (Å²) in [4.78, 5) is 2.63. The van der Waals surface area contributed by atoms with Crippen molar-refractivity contribution in [3.05, 3.63) is 107 Å². The standard InChI is InChI=1S/C26H29NO/c1-20(28)25-14-8-13-23-17-24(15-16-26(23)25)27(18-21-9-4-2-5-10-21)19-22-11-6-3-7-12-22/h2-14,20,24,28H,15-19H2,1H3/t20-,24?/m1/s1. The smallest absolute Gasteiger partial charge is 0.0764 e. The van der Waals surface area contributed by atoms with Gasteiger partial charge in [-0.25, -0.2) is 0 Å². The molecule has 3 aromatic rings. The minimum absolute atomic E-state index is 0.392. The zero-order chi connectivity index (χ0) is 19.3. The van der Waals surface area contributed by atoms with Crippen LogP contribution < -0.4 is 0 Å². The molecule has 4 rings (SSSR count). The molecule has 0 bridgehead atoms. The number of benzene rings is 3. The highest BCUT2D eigenvalue weighted by Crippen LogP contribution is 2.31. The second-order valence-corrected chi connectivity index (χ2v) is 7.93. The minimum atomic E-state index is -0.392. The van der Waals surface area contributed by atoms with Gasteiger partial charge in [0.05, 0.1) is 6.10 Å². The van der Waals surface area contributed by atoms with E-state index < -0.39 is 6.10 Å². The zero-order valence-electron chi connectivity index (χ0n) is 16.6. The highest BCUT2D eigenvalue weighted by Gasteiger charge is 2.26. The van der Waals surface area contributed by atoms with Crippen LogP contribution in [0.1, 0.15) is 47.3 Å². The Balaban J connectivity index is 1.59. The van der Waals surface area contributed by atoms with Crippen LogP contribution >= 0.6 is 0 Å². The van der Waals surface area contributed by atoms with Gasteiger partial charge in [0.2, 0.25) is 0 Å². The quantitative estimate of drug-likeness (QED) is 0.635. The summed E-state index contributed by atoms with van der Waals surface area (Å²) >= 11 is 0. The van der Waals surface area contributed by atoms with Gasteiger partial charge in [0, 0.05) is 19.1 Å². The zero-order valence-corrected chi connectivity index (χ0v) is 16.6. The highest BCUT2D eigenvalue weighted by atomic mass is 16.3. The molecular formula is C26H29NO. The summed E-state index contributed by atoms with van der Waals surface area (Å²) in [5.74, 6) is 0. The van der Waals surface area contributed by atoms with Crippen molar-refractivity contribution >= 4 is 0 Å². The molecule has 2 nitrogen and oxygen atoms in total. The van der Waals surface area contributed by atoms with Crippen LogP contribution in [0.25, 0.3) is 0 Å². The predicted octanol–water partition coefficient (Wildman–Crippen LogP) is 5.30. The summed E-state index contributed by atoms with van der Waals surface area (Å²) < 4.78 is 0. The third kappa shape index (κ3) is 4.35. The number of hydrogen-bond donors (Lipinski definition) is 1. The molecular weight excluding hydrogens is 342 g/mol. The molecule has 0 saturated heterocycles. The van der Waals surface area contributed by atoms with Crippen LogP contribution in [-0.4, -0.2) is 16.0 Å². The maximum atomic E-state index is 10.1. The molecule has 0 fully saturated rings. The molecule has 28 heavy (non-hydrogen) atoms. The molecule has 1 aliphatic carbocycles. The third-order valence-electron chi connectivity index (χ3n) is 5.92. The third-order valence-corrected chi connectivity index (χ3v) is 5.92. The number of aliphatic hydroxyl groups excluding tert-OH is 1. The van der Waals surface area contributed by atoms with E-state index in [-0.39, 0.29) is 0 Å². The van der Waals surface area contributed by atoms with Gasteiger partial charge in [0.15, 0.2) is 0 Å². The van der Waals surface area contributed by atoms with E-state index in [1.165, 1.54) is 22.3 Å². The first-order valence-electron chi connectivity index (χ1n) is 10.3. The minimum Gasteiger partial charge on any atom is -0.389 e. The van der Waals surface area contributed by atoms with Gasteiger partial charge in [-0.3, -0.25) is 4.90 Å². The molecule has 0 heterocycles. The lowest BCUT2D eigenvalue weighted by molar-refractivity contribution is 0.160. The van der Waals surface area contributed by atoms with E-state index in [2.05, 4.69) is 83.8 Å². The topological polar surface area (TPSA) is 23.5 Å². The van der Waals surface area contributed by atoms with E-state index in [4.69, 9.17) is 0 Å². The molecule has 1 unspecified atom stereocenters. The van der Waals surface area contributed by atoms with Gasteiger partial charge in [-0.2, -0.15) is 0 Å². The molecule has 144 valence electrons. The van der Waals surface area contributed by atoms with Crippen LogP contribution in [0.3, 0.4) is 0 Å². The summed E-state index contributed by atoms with van der Waals surface area (Å²) in [5.41, 5.74) is 6.60.